The first-order valence-electron chi connectivity index (χ1n) is 4.87. The number of alkyl halides is 1. The van der Waals surface area contributed by atoms with Crippen LogP contribution in [0.15, 0.2) is 48.5 Å². The molecule has 0 saturated heterocycles. The average Bonchev–Trinajstić information content (AvgIpc) is 2.33. The van der Waals surface area contributed by atoms with Gasteiger partial charge in [-0.25, -0.2) is 4.39 Å². The van der Waals surface area contributed by atoms with Crippen molar-refractivity contribution >= 4 is 11.6 Å². The Morgan fingerprint density at radius 1 is 1.00 bits per heavy atom. The van der Waals surface area contributed by atoms with Crippen molar-refractivity contribution in [3.8, 4) is 11.5 Å². The summed E-state index contributed by atoms with van der Waals surface area (Å²) in [4.78, 5) is 0. The molecule has 0 unspecified atom stereocenters. The van der Waals surface area contributed by atoms with Gasteiger partial charge in [-0.2, -0.15) is 0 Å². The Labute approximate surface area is 98.4 Å². The number of hydrogen-bond donors (Lipinski definition) is 0. The van der Waals surface area contributed by atoms with Crippen LogP contribution < -0.4 is 4.74 Å². The molecule has 0 aromatic heterocycles. The molecule has 0 aliphatic rings. The molecule has 1 nitrogen and oxygen atoms in total. The highest BCUT2D eigenvalue weighted by Crippen LogP contribution is 2.24. The lowest BCUT2D eigenvalue weighted by molar-refractivity contribution is 0.442. The molecule has 0 radical (unpaired) electrons. The smallest absolute Gasteiger partial charge is 0.165 e. The van der Waals surface area contributed by atoms with Crippen molar-refractivity contribution in [1.82, 2.24) is 0 Å². The van der Waals surface area contributed by atoms with Gasteiger partial charge in [0.1, 0.15) is 5.75 Å². The molecule has 0 saturated carbocycles. The van der Waals surface area contributed by atoms with Crippen LogP contribution in [0.3, 0.4) is 0 Å². The summed E-state index contributed by atoms with van der Waals surface area (Å²) in [5.74, 6) is 0.906. The van der Waals surface area contributed by atoms with Gasteiger partial charge < -0.3 is 4.74 Å². The van der Waals surface area contributed by atoms with Crippen LogP contribution in [-0.2, 0) is 5.88 Å². The van der Waals surface area contributed by atoms with E-state index >= 15 is 0 Å². The van der Waals surface area contributed by atoms with E-state index in [1.807, 2.05) is 12.1 Å². The summed E-state index contributed by atoms with van der Waals surface area (Å²) in [6, 6.07) is 13.5. The first kappa shape index (κ1) is 11.0. The number of hydrogen-bond acceptors (Lipinski definition) is 1. The van der Waals surface area contributed by atoms with E-state index < -0.39 is 0 Å². The van der Waals surface area contributed by atoms with Crippen LogP contribution in [0, 0.1) is 5.82 Å². The highest BCUT2D eigenvalue weighted by atomic mass is 35.5. The van der Waals surface area contributed by atoms with Gasteiger partial charge in [-0.05, 0) is 29.8 Å². The molecule has 0 aliphatic carbocycles. The van der Waals surface area contributed by atoms with Gasteiger partial charge in [-0.1, -0.05) is 24.3 Å². The molecule has 0 atom stereocenters. The largest absolute Gasteiger partial charge is 0.454 e. The van der Waals surface area contributed by atoms with Crippen LogP contribution in [-0.4, -0.2) is 0 Å². The minimum atomic E-state index is -0.371. The second kappa shape index (κ2) is 4.99. The Bertz CT molecular complexity index is 468. The predicted molar refractivity (Wildman–Crippen MR) is 62.5 cm³/mol. The van der Waals surface area contributed by atoms with Gasteiger partial charge in [-0.15, -0.1) is 11.6 Å². The molecule has 2 rings (SSSR count). The molecule has 0 spiro atoms. The molecule has 0 heterocycles. The summed E-state index contributed by atoms with van der Waals surface area (Å²) < 4.78 is 18.7. The Kier molecular flexibility index (Phi) is 3.42. The third kappa shape index (κ3) is 2.52. The third-order valence-electron chi connectivity index (χ3n) is 2.14. The van der Waals surface area contributed by atoms with Crippen LogP contribution in [0.1, 0.15) is 5.56 Å². The number of halogens is 2. The second-order valence-electron chi connectivity index (χ2n) is 3.31. The highest BCUT2D eigenvalue weighted by Gasteiger charge is 2.02. The van der Waals surface area contributed by atoms with Crippen molar-refractivity contribution in [1.29, 1.82) is 0 Å². The normalized spacial score (nSPS) is 10.1. The van der Waals surface area contributed by atoms with Crippen molar-refractivity contribution in [2.45, 2.75) is 5.88 Å². The van der Waals surface area contributed by atoms with E-state index in [0.717, 1.165) is 5.56 Å². The maximum Gasteiger partial charge on any atom is 0.165 e. The Balaban J connectivity index is 2.18. The van der Waals surface area contributed by atoms with Gasteiger partial charge in [-0.3, -0.25) is 0 Å². The number of ether oxygens (including phenoxy) is 1. The molecule has 0 N–H and O–H groups in total. The molecular weight excluding hydrogens is 227 g/mol. The minimum absolute atomic E-state index is 0.223. The van der Waals surface area contributed by atoms with Crippen molar-refractivity contribution in [3.05, 3.63) is 59.9 Å². The molecule has 3 heteroatoms. The van der Waals surface area contributed by atoms with E-state index in [9.17, 15) is 4.39 Å². The van der Waals surface area contributed by atoms with E-state index in [0.29, 0.717) is 11.6 Å². The SMILES string of the molecule is Fc1ccccc1Oc1ccc(CCl)cc1. The third-order valence-corrected chi connectivity index (χ3v) is 2.45. The van der Waals surface area contributed by atoms with Crippen molar-refractivity contribution < 1.29 is 9.13 Å². The molecule has 0 aliphatic heterocycles. The zero-order chi connectivity index (χ0) is 11.4. The van der Waals surface area contributed by atoms with Crippen molar-refractivity contribution in [2.24, 2.45) is 0 Å². The van der Waals surface area contributed by atoms with Gasteiger partial charge in [0.2, 0.25) is 0 Å². The molecule has 0 bridgehead atoms. The fourth-order valence-electron chi connectivity index (χ4n) is 1.30. The summed E-state index contributed by atoms with van der Waals surface area (Å²) in [5.41, 5.74) is 1.00. The molecule has 0 fully saturated rings. The van der Waals surface area contributed by atoms with Crippen molar-refractivity contribution in [3.63, 3.8) is 0 Å². The van der Waals surface area contributed by atoms with Gasteiger partial charge >= 0.3 is 0 Å². The van der Waals surface area contributed by atoms with Gasteiger partial charge in [0.25, 0.3) is 0 Å². The van der Waals surface area contributed by atoms with Crippen LogP contribution in [0.5, 0.6) is 11.5 Å². The van der Waals surface area contributed by atoms with Crippen LogP contribution in [0.25, 0.3) is 0 Å². The molecule has 0 amide bonds. The quantitative estimate of drug-likeness (QED) is 0.720. The maximum absolute atomic E-state index is 13.3. The molecule has 2 aromatic rings. The fourth-order valence-corrected chi connectivity index (χ4v) is 1.48. The summed E-state index contributed by atoms with van der Waals surface area (Å²) in [6.45, 7) is 0. The van der Waals surface area contributed by atoms with Gasteiger partial charge in [0.05, 0.1) is 0 Å². The summed E-state index contributed by atoms with van der Waals surface area (Å²) in [7, 11) is 0. The lowest BCUT2D eigenvalue weighted by atomic mass is 10.2. The monoisotopic (exact) mass is 236 g/mol. The average molecular weight is 237 g/mol. The van der Waals surface area contributed by atoms with Crippen LogP contribution in [0.4, 0.5) is 4.39 Å². The fraction of sp³-hybridized carbons (Fsp3) is 0.0769. The first-order chi connectivity index (χ1) is 7.79. The summed E-state index contributed by atoms with van der Waals surface area (Å²) in [5, 5.41) is 0. The molecule has 16 heavy (non-hydrogen) atoms. The standard InChI is InChI=1S/C13H10ClFO/c14-9-10-5-7-11(8-6-10)16-13-4-2-1-3-12(13)15/h1-8H,9H2. The lowest BCUT2D eigenvalue weighted by Crippen LogP contribution is -1.87. The maximum atomic E-state index is 13.3. The molecule has 82 valence electrons. The Morgan fingerprint density at radius 3 is 2.31 bits per heavy atom. The predicted octanol–water partition coefficient (Wildman–Crippen LogP) is 4.36. The molecular formula is C13H10ClFO. The first-order valence-corrected chi connectivity index (χ1v) is 5.40. The van der Waals surface area contributed by atoms with Gasteiger partial charge in [0.15, 0.2) is 11.6 Å². The number of benzene rings is 2. The number of para-hydroxylation sites is 1. The second-order valence-corrected chi connectivity index (χ2v) is 3.58. The zero-order valence-corrected chi connectivity index (χ0v) is 9.25. The number of rotatable bonds is 3. The van der Waals surface area contributed by atoms with Crippen LogP contribution >= 0.6 is 11.6 Å². The van der Waals surface area contributed by atoms with E-state index in [1.54, 1.807) is 30.3 Å². The molecule has 2 aromatic carbocycles. The van der Waals surface area contributed by atoms with Gasteiger partial charge in [0, 0.05) is 5.88 Å². The lowest BCUT2D eigenvalue weighted by Gasteiger charge is -2.06. The van der Waals surface area contributed by atoms with E-state index in [4.69, 9.17) is 16.3 Å². The minimum Gasteiger partial charge on any atom is -0.454 e. The highest BCUT2D eigenvalue weighted by molar-refractivity contribution is 6.17. The summed E-state index contributed by atoms with van der Waals surface area (Å²) >= 11 is 5.66. The Morgan fingerprint density at radius 2 is 1.69 bits per heavy atom. The summed E-state index contributed by atoms with van der Waals surface area (Å²) in [6.07, 6.45) is 0. The zero-order valence-electron chi connectivity index (χ0n) is 8.49. The van der Waals surface area contributed by atoms with E-state index in [2.05, 4.69) is 0 Å². The van der Waals surface area contributed by atoms with Crippen molar-refractivity contribution in [2.75, 3.05) is 0 Å². The van der Waals surface area contributed by atoms with Crippen LogP contribution in [0.2, 0.25) is 0 Å². The topological polar surface area (TPSA) is 9.23 Å². The van der Waals surface area contributed by atoms with E-state index in [1.165, 1.54) is 6.07 Å². The Hall–Kier alpha value is -1.54. The van der Waals surface area contributed by atoms with E-state index in [-0.39, 0.29) is 11.6 Å².